The van der Waals surface area contributed by atoms with Crippen molar-refractivity contribution in [3.8, 4) is 11.1 Å². The van der Waals surface area contributed by atoms with Crippen LogP contribution < -0.4 is 24.8 Å². The maximum atomic E-state index is 2.63. The van der Waals surface area contributed by atoms with Gasteiger partial charge in [-0.05, 0) is 0 Å². The maximum Gasteiger partial charge on any atom is -1.00 e. The first-order valence-electron chi connectivity index (χ1n) is 22.9. The van der Waals surface area contributed by atoms with Crippen LogP contribution in [0, 0.1) is 0 Å². The Morgan fingerprint density at radius 2 is 0.758 bits per heavy atom. The molecule has 66 heavy (non-hydrogen) atoms. The van der Waals surface area contributed by atoms with Crippen molar-refractivity contribution in [1.29, 1.82) is 0 Å². The topological polar surface area (TPSA) is 0 Å². The molecular weight excluding hydrogens is 919 g/mol. The molecule has 0 amide bonds. The Labute approximate surface area is 413 Å². The Balaban J connectivity index is 0.00000296. The Kier molecular flexibility index (Phi) is 13.9. The largest absolute Gasteiger partial charge is 1.00 e. The summed E-state index contributed by atoms with van der Waals surface area (Å²) in [5, 5.41) is 0. The van der Waals surface area contributed by atoms with E-state index in [2.05, 4.69) is 260 Å². The molecule has 0 bridgehead atoms. The van der Waals surface area contributed by atoms with Gasteiger partial charge in [-0.3, -0.25) is 0 Å². The Morgan fingerprint density at radius 1 is 0.394 bits per heavy atom. The quantitative estimate of drug-likeness (QED) is 0.142. The molecular formula is C63H56Cl2Zr. The first kappa shape index (κ1) is 47.1. The molecule has 1 unspecified atom stereocenters. The minimum absolute atomic E-state index is 0. The van der Waals surface area contributed by atoms with E-state index in [1.807, 2.05) is 0 Å². The smallest absolute Gasteiger partial charge is 1.00 e. The van der Waals surface area contributed by atoms with Crippen molar-refractivity contribution in [3.63, 3.8) is 0 Å². The van der Waals surface area contributed by atoms with E-state index in [4.69, 9.17) is 0 Å². The molecule has 0 radical (unpaired) electrons. The average Bonchev–Trinajstić information content (AvgIpc) is 3.85. The van der Waals surface area contributed by atoms with Crippen LogP contribution in [0.15, 0.2) is 222 Å². The van der Waals surface area contributed by atoms with Crippen LogP contribution in [0.4, 0.5) is 0 Å². The number of halogens is 2. The van der Waals surface area contributed by atoms with Crippen molar-refractivity contribution >= 4 is 19.9 Å². The van der Waals surface area contributed by atoms with Gasteiger partial charge in [-0.2, -0.15) is 0 Å². The third kappa shape index (κ3) is 8.80. The zero-order valence-corrected chi connectivity index (χ0v) is 42.7. The molecule has 8 aromatic rings. The van der Waals surface area contributed by atoms with Gasteiger partial charge in [0.25, 0.3) is 0 Å². The van der Waals surface area contributed by atoms with Crippen LogP contribution in [-0.4, -0.2) is 3.21 Å². The van der Waals surface area contributed by atoms with Gasteiger partial charge in [-0.15, -0.1) is 0 Å². The van der Waals surface area contributed by atoms with Gasteiger partial charge in [0, 0.05) is 0 Å². The van der Waals surface area contributed by atoms with Gasteiger partial charge in [-0.25, -0.2) is 0 Å². The van der Waals surface area contributed by atoms with Gasteiger partial charge in [0.05, 0.1) is 0 Å². The molecule has 8 aromatic carbocycles. The van der Waals surface area contributed by atoms with E-state index in [-0.39, 0.29) is 45.2 Å². The van der Waals surface area contributed by atoms with Crippen LogP contribution in [-0.2, 0) is 32.1 Å². The second kappa shape index (κ2) is 19.4. The van der Waals surface area contributed by atoms with Crippen molar-refractivity contribution in [3.05, 3.63) is 277 Å². The minimum atomic E-state index is -3.57. The number of allylic oxidation sites excluding steroid dienone is 4. The van der Waals surface area contributed by atoms with Crippen LogP contribution in [0.1, 0.15) is 107 Å². The van der Waals surface area contributed by atoms with Gasteiger partial charge in [0.1, 0.15) is 0 Å². The van der Waals surface area contributed by atoms with E-state index in [0.717, 1.165) is 0 Å². The summed E-state index contributed by atoms with van der Waals surface area (Å²) in [6.07, 6.45) is 0. The van der Waals surface area contributed by atoms with Gasteiger partial charge in [-0.1, -0.05) is 0 Å². The molecule has 0 aliphatic heterocycles. The molecule has 1 atom stereocenters. The van der Waals surface area contributed by atoms with Crippen LogP contribution in [0.25, 0.3) is 27.8 Å². The number of fused-ring (bicyclic) bond motifs is 3. The molecule has 0 nitrogen and oxygen atoms in total. The van der Waals surface area contributed by atoms with Crippen molar-refractivity contribution in [2.75, 3.05) is 0 Å². The summed E-state index contributed by atoms with van der Waals surface area (Å²) in [4.78, 5) is 0. The monoisotopic (exact) mass is 972 g/mol. The van der Waals surface area contributed by atoms with Crippen LogP contribution >= 0.6 is 0 Å². The fourth-order valence-electron chi connectivity index (χ4n) is 10.3. The molecule has 0 heterocycles. The Morgan fingerprint density at radius 3 is 1.17 bits per heavy atom. The van der Waals surface area contributed by atoms with E-state index in [9.17, 15) is 0 Å². The molecule has 0 saturated heterocycles. The normalized spacial score (nSPS) is 14.4. The molecule has 326 valence electrons. The Hall–Kier alpha value is -5.43. The minimum Gasteiger partial charge on any atom is -1.00 e. The standard InChI is InChI=1S/C29H21.C21H25.C13H10.2ClH.Zr/c1-5-13-22(14-6-1)26-21-27(23-15-7-2-8-16-23)29(25-19-11-4-12-20-25)28(26)24-17-9-3-10-18-24;1-20(2,3)16-7-9-18-14(12-16)11-15-13-17(21(4,5)6)8-10-19(15)18;1-3-7-12(8-4-1)11-13-9-5-2-6-10-13;;;/h1-20,26H;7-13H,1-6H3;1-10H;2*1H;/q;;;;;+2/p-2. The second-order valence-electron chi connectivity index (χ2n) is 19.6. The molecule has 10 rings (SSSR count). The number of hydrogen-bond donors (Lipinski definition) is 0. The molecule has 0 fully saturated rings. The molecule has 3 heteroatoms. The fraction of sp³-hybridized carbons (Fsp3) is 0.159. The first-order valence-corrected chi connectivity index (χ1v) is 26.8. The van der Waals surface area contributed by atoms with Gasteiger partial charge in [0.15, 0.2) is 0 Å². The summed E-state index contributed by atoms with van der Waals surface area (Å²) in [7, 11) is 0. The van der Waals surface area contributed by atoms with Gasteiger partial charge >= 0.3 is 392 Å². The Bertz CT molecular complexity index is 2960. The van der Waals surface area contributed by atoms with E-state index in [1.54, 1.807) is 6.49 Å². The van der Waals surface area contributed by atoms with E-state index < -0.39 is 21.3 Å². The maximum absolute atomic E-state index is 3.57. The predicted octanol–water partition coefficient (Wildman–Crippen LogP) is 10.1. The van der Waals surface area contributed by atoms with Crippen LogP contribution in [0.3, 0.4) is 0 Å². The fourth-order valence-corrected chi connectivity index (χ4v) is 20.4. The molecule has 0 aromatic heterocycles. The summed E-state index contributed by atoms with van der Waals surface area (Å²) < 4.78 is 3.35. The predicted molar refractivity (Wildman–Crippen MR) is 269 cm³/mol. The summed E-state index contributed by atoms with van der Waals surface area (Å²) in [5.41, 5.74) is 20.5. The SMILES string of the molecule is CC(C)(C)c1ccc2c(c1)[CH]([Zr+2]([C]1=C(c3ccccc3)C(c3ccccc3)=C(c3ccccc3)C1c1ccccc1)=[C](c1ccccc1)c1ccccc1)c1cc(C(C)(C)C)ccc1-2.[Cl-].[Cl-]. The van der Waals surface area contributed by atoms with Crippen LogP contribution in [0.2, 0.25) is 0 Å². The molecule has 2 aliphatic rings. The molecule has 0 N–H and O–H groups in total. The second-order valence-corrected chi connectivity index (χ2v) is 25.6. The van der Waals surface area contributed by atoms with E-state index in [1.165, 1.54) is 83.5 Å². The van der Waals surface area contributed by atoms with E-state index >= 15 is 0 Å². The average molecular weight is 975 g/mol. The summed E-state index contributed by atoms with van der Waals surface area (Å²) in [6.45, 7) is 14.2. The van der Waals surface area contributed by atoms with Crippen molar-refractivity contribution < 1.29 is 46.1 Å². The third-order valence-corrected chi connectivity index (χ3v) is 21.9. The van der Waals surface area contributed by atoms with Crippen molar-refractivity contribution in [1.82, 2.24) is 0 Å². The van der Waals surface area contributed by atoms with Crippen molar-refractivity contribution in [2.24, 2.45) is 0 Å². The summed E-state index contributed by atoms with van der Waals surface area (Å²) in [5.74, 6) is 0.00920. The third-order valence-electron chi connectivity index (χ3n) is 13.4. The number of hydrogen-bond acceptors (Lipinski definition) is 0. The summed E-state index contributed by atoms with van der Waals surface area (Å²) in [6, 6.07) is 83.5. The van der Waals surface area contributed by atoms with E-state index in [0.29, 0.717) is 0 Å². The number of rotatable bonds is 8. The molecule has 0 spiro atoms. The van der Waals surface area contributed by atoms with Gasteiger partial charge in [0.2, 0.25) is 0 Å². The zero-order chi connectivity index (χ0) is 44.0. The summed E-state index contributed by atoms with van der Waals surface area (Å²) >= 11 is -3.57. The van der Waals surface area contributed by atoms with Gasteiger partial charge < -0.3 is 24.8 Å². The first-order chi connectivity index (χ1) is 31.1. The molecule has 0 saturated carbocycles. The van der Waals surface area contributed by atoms with Crippen molar-refractivity contribution in [2.45, 2.75) is 61.9 Å². The molecule has 2 aliphatic carbocycles. The number of benzene rings is 8. The zero-order valence-electron chi connectivity index (χ0n) is 38.7. The van der Waals surface area contributed by atoms with Crippen LogP contribution in [0.5, 0.6) is 0 Å².